The van der Waals surface area contributed by atoms with Crippen LogP contribution in [0.25, 0.3) is 0 Å². The van der Waals surface area contributed by atoms with Crippen LogP contribution < -0.4 is 5.73 Å². The van der Waals surface area contributed by atoms with E-state index in [9.17, 15) is 9.50 Å². The normalized spacial score (nSPS) is 24.1. The Hall–Kier alpha value is -1.64. The first-order valence-electron chi connectivity index (χ1n) is 5.89. The van der Waals surface area contributed by atoms with Crippen molar-refractivity contribution in [1.29, 1.82) is 5.26 Å². The predicted octanol–water partition coefficient (Wildman–Crippen LogP) is 1.35. The number of likely N-dealkylation sites (tertiary alicyclic amines) is 1. The Bertz CT molecular complexity index is 498. The highest BCUT2D eigenvalue weighted by atomic mass is 19.1. The van der Waals surface area contributed by atoms with Crippen molar-refractivity contribution in [3.8, 4) is 11.8 Å². The first-order valence-corrected chi connectivity index (χ1v) is 5.89. The Morgan fingerprint density at radius 3 is 2.89 bits per heavy atom. The van der Waals surface area contributed by atoms with Crippen molar-refractivity contribution in [2.75, 3.05) is 20.1 Å². The van der Waals surface area contributed by atoms with Gasteiger partial charge in [-0.25, -0.2) is 4.39 Å². The van der Waals surface area contributed by atoms with Crippen LogP contribution in [-0.2, 0) is 0 Å². The van der Waals surface area contributed by atoms with Gasteiger partial charge in [-0.2, -0.15) is 5.26 Å². The fraction of sp³-hybridized carbons (Fsp3) is 0.462. The van der Waals surface area contributed by atoms with Crippen LogP contribution in [0.4, 0.5) is 4.39 Å². The average molecular weight is 249 g/mol. The number of halogens is 1. The molecule has 0 amide bonds. The SMILES string of the molecule is CN1CC(CN)CC1c1cc(F)c(O)c(C#N)c1. The summed E-state index contributed by atoms with van der Waals surface area (Å²) in [6.07, 6.45) is 0.849. The molecule has 1 aromatic carbocycles. The molecule has 0 saturated carbocycles. The molecule has 0 spiro atoms. The Balaban J connectivity index is 2.35. The van der Waals surface area contributed by atoms with Gasteiger partial charge in [0, 0.05) is 12.6 Å². The zero-order valence-corrected chi connectivity index (χ0v) is 10.2. The second kappa shape index (κ2) is 4.92. The lowest BCUT2D eigenvalue weighted by Crippen LogP contribution is -2.20. The van der Waals surface area contributed by atoms with Gasteiger partial charge in [-0.15, -0.1) is 0 Å². The molecule has 1 aromatic rings. The van der Waals surface area contributed by atoms with Gasteiger partial charge in [0.15, 0.2) is 11.6 Å². The van der Waals surface area contributed by atoms with Crippen LogP contribution >= 0.6 is 0 Å². The number of rotatable bonds is 2. The van der Waals surface area contributed by atoms with E-state index in [1.54, 1.807) is 12.1 Å². The van der Waals surface area contributed by atoms with E-state index in [-0.39, 0.29) is 11.6 Å². The molecule has 4 nitrogen and oxygen atoms in total. The van der Waals surface area contributed by atoms with E-state index in [1.165, 1.54) is 6.07 Å². The number of hydrogen-bond donors (Lipinski definition) is 2. The highest BCUT2D eigenvalue weighted by Gasteiger charge is 2.30. The molecule has 1 saturated heterocycles. The van der Waals surface area contributed by atoms with E-state index < -0.39 is 11.6 Å². The summed E-state index contributed by atoms with van der Waals surface area (Å²) in [6, 6.07) is 4.72. The van der Waals surface area contributed by atoms with Crippen molar-refractivity contribution < 1.29 is 9.50 Å². The minimum absolute atomic E-state index is 0.0189. The summed E-state index contributed by atoms with van der Waals surface area (Å²) in [5.41, 5.74) is 6.36. The van der Waals surface area contributed by atoms with Gasteiger partial charge in [0.25, 0.3) is 0 Å². The van der Waals surface area contributed by atoms with Crippen LogP contribution in [0.15, 0.2) is 12.1 Å². The molecule has 1 aliphatic heterocycles. The topological polar surface area (TPSA) is 73.3 Å². The fourth-order valence-electron chi connectivity index (χ4n) is 2.56. The molecule has 2 unspecified atom stereocenters. The van der Waals surface area contributed by atoms with Crippen LogP contribution in [0.2, 0.25) is 0 Å². The molecular weight excluding hydrogens is 233 g/mol. The lowest BCUT2D eigenvalue weighted by atomic mass is 9.98. The Morgan fingerprint density at radius 2 is 2.33 bits per heavy atom. The molecule has 3 N–H and O–H groups in total. The van der Waals surface area contributed by atoms with Crippen LogP contribution in [0.5, 0.6) is 5.75 Å². The molecule has 5 heteroatoms. The highest BCUT2D eigenvalue weighted by molar-refractivity contribution is 5.46. The average Bonchev–Trinajstić information content (AvgIpc) is 2.74. The summed E-state index contributed by atoms with van der Waals surface area (Å²) >= 11 is 0. The lowest BCUT2D eigenvalue weighted by Gasteiger charge is -2.20. The number of benzene rings is 1. The van der Waals surface area contributed by atoms with Crippen molar-refractivity contribution in [1.82, 2.24) is 4.90 Å². The Kier molecular flexibility index (Phi) is 3.50. The smallest absolute Gasteiger partial charge is 0.169 e. The minimum atomic E-state index is -0.742. The fourth-order valence-corrected chi connectivity index (χ4v) is 2.56. The molecule has 96 valence electrons. The Labute approximate surface area is 105 Å². The number of nitrogens with two attached hydrogens (primary N) is 1. The van der Waals surface area contributed by atoms with Crippen LogP contribution in [0, 0.1) is 23.1 Å². The third-order valence-electron chi connectivity index (χ3n) is 3.56. The largest absolute Gasteiger partial charge is 0.504 e. The van der Waals surface area contributed by atoms with E-state index in [0.29, 0.717) is 12.5 Å². The van der Waals surface area contributed by atoms with E-state index in [0.717, 1.165) is 18.5 Å². The third-order valence-corrected chi connectivity index (χ3v) is 3.56. The minimum Gasteiger partial charge on any atom is -0.504 e. The first kappa shape index (κ1) is 12.8. The Morgan fingerprint density at radius 1 is 1.61 bits per heavy atom. The van der Waals surface area contributed by atoms with Gasteiger partial charge in [-0.3, -0.25) is 4.90 Å². The van der Waals surface area contributed by atoms with Gasteiger partial charge >= 0.3 is 0 Å². The van der Waals surface area contributed by atoms with Crippen molar-refractivity contribution >= 4 is 0 Å². The van der Waals surface area contributed by atoms with Crippen molar-refractivity contribution in [3.05, 3.63) is 29.1 Å². The van der Waals surface area contributed by atoms with Gasteiger partial charge in [0.2, 0.25) is 0 Å². The van der Waals surface area contributed by atoms with Gasteiger partial charge < -0.3 is 10.8 Å². The third kappa shape index (κ3) is 2.17. The van der Waals surface area contributed by atoms with E-state index in [4.69, 9.17) is 11.0 Å². The molecule has 2 atom stereocenters. The van der Waals surface area contributed by atoms with Crippen molar-refractivity contribution in [2.24, 2.45) is 11.7 Å². The predicted molar refractivity (Wildman–Crippen MR) is 65.3 cm³/mol. The van der Waals surface area contributed by atoms with Crippen molar-refractivity contribution in [3.63, 3.8) is 0 Å². The first-order chi connectivity index (χ1) is 8.56. The molecule has 1 heterocycles. The quantitative estimate of drug-likeness (QED) is 0.830. The van der Waals surface area contributed by atoms with Gasteiger partial charge in [-0.05, 0) is 43.6 Å². The molecule has 2 rings (SSSR count). The molecule has 0 aliphatic carbocycles. The molecule has 18 heavy (non-hydrogen) atoms. The maximum Gasteiger partial charge on any atom is 0.169 e. The molecule has 1 fully saturated rings. The summed E-state index contributed by atoms with van der Waals surface area (Å²) in [5.74, 6) is -0.923. The highest BCUT2D eigenvalue weighted by Crippen LogP contribution is 2.36. The molecule has 0 aromatic heterocycles. The second-order valence-corrected chi connectivity index (χ2v) is 4.80. The van der Waals surface area contributed by atoms with Crippen LogP contribution in [-0.4, -0.2) is 30.1 Å². The number of hydrogen-bond acceptors (Lipinski definition) is 4. The number of phenols is 1. The van der Waals surface area contributed by atoms with Gasteiger partial charge in [-0.1, -0.05) is 0 Å². The summed E-state index contributed by atoms with van der Waals surface area (Å²) in [4.78, 5) is 2.10. The standard InChI is InChI=1S/C13H16FN3O/c1-17-7-8(5-15)2-12(17)9-3-10(6-16)13(18)11(14)4-9/h3-4,8,12,18H,2,5,7,15H2,1H3. The summed E-state index contributed by atoms with van der Waals surface area (Å²) in [5, 5.41) is 18.3. The van der Waals surface area contributed by atoms with Crippen LogP contribution in [0.1, 0.15) is 23.6 Å². The van der Waals surface area contributed by atoms with E-state index in [1.807, 2.05) is 7.05 Å². The number of phenolic OH excluding ortho intramolecular Hbond substituents is 1. The summed E-state index contributed by atoms with van der Waals surface area (Å²) in [6.45, 7) is 1.47. The molecule has 1 aliphatic rings. The maximum absolute atomic E-state index is 13.5. The summed E-state index contributed by atoms with van der Waals surface area (Å²) in [7, 11) is 1.96. The number of aromatic hydroxyl groups is 1. The monoisotopic (exact) mass is 249 g/mol. The second-order valence-electron chi connectivity index (χ2n) is 4.80. The van der Waals surface area contributed by atoms with Crippen molar-refractivity contribution in [2.45, 2.75) is 12.5 Å². The zero-order chi connectivity index (χ0) is 13.3. The van der Waals surface area contributed by atoms with Gasteiger partial charge in [0.1, 0.15) is 6.07 Å². The van der Waals surface area contributed by atoms with Crippen LogP contribution in [0.3, 0.4) is 0 Å². The van der Waals surface area contributed by atoms with E-state index in [2.05, 4.69) is 4.90 Å². The maximum atomic E-state index is 13.5. The molecule has 0 radical (unpaired) electrons. The van der Waals surface area contributed by atoms with Gasteiger partial charge in [0.05, 0.1) is 5.56 Å². The summed E-state index contributed by atoms with van der Waals surface area (Å²) < 4.78 is 13.5. The molecular formula is C13H16FN3O. The lowest BCUT2D eigenvalue weighted by molar-refractivity contribution is 0.312. The van der Waals surface area contributed by atoms with E-state index >= 15 is 0 Å². The number of nitrogens with zero attached hydrogens (tertiary/aromatic N) is 2. The molecule has 0 bridgehead atoms. The zero-order valence-electron chi connectivity index (χ0n) is 10.2. The number of nitriles is 1.